The number of piperidine rings is 1. The van der Waals surface area contributed by atoms with E-state index >= 15 is 0 Å². The van der Waals surface area contributed by atoms with Crippen molar-refractivity contribution < 1.29 is 17.6 Å². The Kier molecular flexibility index (Phi) is 6.86. The number of carbonyl (C=O) groups is 1. The first-order valence-electron chi connectivity index (χ1n) is 7.41. The second-order valence-electron chi connectivity index (χ2n) is 5.89. The first-order chi connectivity index (χ1) is 10.8. The minimum atomic E-state index is -3.53. The number of hydrogen-bond donors (Lipinski definition) is 2. The molecule has 1 fully saturated rings. The van der Waals surface area contributed by atoms with E-state index in [1.54, 1.807) is 25.1 Å². The van der Waals surface area contributed by atoms with Crippen LogP contribution in [-0.2, 0) is 14.6 Å². The van der Waals surface area contributed by atoms with Crippen LogP contribution in [0, 0.1) is 6.92 Å². The lowest BCUT2D eigenvalue weighted by atomic mass is 9.95. The SMILES string of the molecule is Cc1nc2ccc(NC(=O)C3(S(C)(=O)=O)CCNCC3)cc2o1.Cl.Cl. The van der Waals surface area contributed by atoms with Crippen molar-refractivity contribution in [3.8, 4) is 0 Å². The summed E-state index contributed by atoms with van der Waals surface area (Å²) in [5, 5.41) is 5.82. The summed E-state index contributed by atoms with van der Waals surface area (Å²) < 4.78 is 28.5. The quantitative estimate of drug-likeness (QED) is 0.804. The summed E-state index contributed by atoms with van der Waals surface area (Å²) in [7, 11) is -3.53. The molecule has 1 aliphatic rings. The lowest BCUT2D eigenvalue weighted by molar-refractivity contribution is -0.119. The van der Waals surface area contributed by atoms with E-state index in [2.05, 4.69) is 15.6 Å². The van der Waals surface area contributed by atoms with Gasteiger partial charge in [-0.15, -0.1) is 24.8 Å². The van der Waals surface area contributed by atoms with Crippen molar-refractivity contribution in [1.82, 2.24) is 10.3 Å². The molecule has 1 aromatic heterocycles. The van der Waals surface area contributed by atoms with Crippen molar-refractivity contribution in [2.75, 3.05) is 24.7 Å². The summed E-state index contributed by atoms with van der Waals surface area (Å²) in [4.78, 5) is 16.9. The van der Waals surface area contributed by atoms with Crippen LogP contribution in [0.1, 0.15) is 18.7 Å². The van der Waals surface area contributed by atoms with Crippen LogP contribution in [0.25, 0.3) is 11.1 Å². The number of hydrogen-bond acceptors (Lipinski definition) is 6. The maximum absolute atomic E-state index is 12.7. The molecule has 2 aromatic rings. The van der Waals surface area contributed by atoms with E-state index in [4.69, 9.17) is 4.42 Å². The molecule has 2 N–H and O–H groups in total. The van der Waals surface area contributed by atoms with E-state index in [1.165, 1.54) is 0 Å². The zero-order valence-corrected chi connectivity index (χ0v) is 16.3. The lowest BCUT2D eigenvalue weighted by Crippen LogP contribution is -2.55. The van der Waals surface area contributed by atoms with Gasteiger partial charge >= 0.3 is 0 Å². The standard InChI is InChI=1S/C15H19N3O4S.2ClH/c1-10-17-12-4-3-11(9-13(12)22-10)18-14(19)15(23(2,20)21)5-7-16-8-6-15;;/h3-4,9,16H,5-8H2,1-2H3,(H,18,19);2*1H. The summed E-state index contributed by atoms with van der Waals surface area (Å²) in [5.74, 6) is 0.0477. The Labute approximate surface area is 158 Å². The summed E-state index contributed by atoms with van der Waals surface area (Å²) in [6, 6.07) is 5.08. The highest BCUT2D eigenvalue weighted by Crippen LogP contribution is 2.30. The number of oxazole rings is 1. The van der Waals surface area contributed by atoms with Crippen LogP contribution in [0.15, 0.2) is 22.6 Å². The molecule has 1 aromatic carbocycles. The summed E-state index contributed by atoms with van der Waals surface area (Å²) in [6.45, 7) is 2.74. The number of amides is 1. The van der Waals surface area contributed by atoms with Crippen molar-refractivity contribution >= 4 is 57.3 Å². The first-order valence-corrected chi connectivity index (χ1v) is 9.30. The molecule has 1 aliphatic heterocycles. The Hall–Kier alpha value is -1.35. The van der Waals surface area contributed by atoms with Crippen molar-refractivity contribution in [2.24, 2.45) is 0 Å². The minimum Gasteiger partial charge on any atom is -0.441 e. The molecule has 2 heterocycles. The van der Waals surface area contributed by atoms with Crippen molar-refractivity contribution in [2.45, 2.75) is 24.5 Å². The minimum absolute atomic E-state index is 0. The average Bonchev–Trinajstić information content (AvgIpc) is 2.86. The second kappa shape index (κ2) is 7.90. The molecule has 0 saturated carbocycles. The van der Waals surface area contributed by atoms with Gasteiger partial charge in [0, 0.05) is 24.9 Å². The average molecular weight is 410 g/mol. The number of aryl methyl sites for hydroxylation is 1. The van der Waals surface area contributed by atoms with Gasteiger partial charge in [-0.3, -0.25) is 4.79 Å². The molecule has 140 valence electrons. The van der Waals surface area contributed by atoms with Crippen LogP contribution in [0.2, 0.25) is 0 Å². The highest BCUT2D eigenvalue weighted by molar-refractivity contribution is 7.92. The monoisotopic (exact) mass is 409 g/mol. The predicted molar refractivity (Wildman–Crippen MR) is 102 cm³/mol. The maximum atomic E-state index is 12.7. The summed E-state index contributed by atoms with van der Waals surface area (Å²) in [6.07, 6.45) is 1.66. The van der Waals surface area contributed by atoms with Crippen LogP contribution in [-0.4, -0.2) is 43.4 Å². The molecule has 1 amide bonds. The van der Waals surface area contributed by atoms with E-state index < -0.39 is 20.5 Å². The number of benzene rings is 1. The maximum Gasteiger partial charge on any atom is 0.245 e. The number of fused-ring (bicyclic) bond motifs is 1. The number of rotatable bonds is 3. The van der Waals surface area contributed by atoms with Crippen molar-refractivity contribution in [3.63, 3.8) is 0 Å². The van der Waals surface area contributed by atoms with Crippen LogP contribution >= 0.6 is 24.8 Å². The fourth-order valence-corrected chi connectivity index (χ4v) is 4.29. The zero-order valence-electron chi connectivity index (χ0n) is 13.9. The smallest absolute Gasteiger partial charge is 0.245 e. The van der Waals surface area contributed by atoms with Gasteiger partial charge in [0.05, 0.1) is 0 Å². The Morgan fingerprint density at radius 3 is 2.52 bits per heavy atom. The molecule has 0 unspecified atom stereocenters. The fraction of sp³-hybridized carbons (Fsp3) is 0.467. The van der Waals surface area contributed by atoms with E-state index in [1.807, 2.05) is 0 Å². The van der Waals surface area contributed by atoms with Gasteiger partial charge in [0.2, 0.25) is 5.91 Å². The van der Waals surface area contributed by atoms with Gasteiger partial charge in [0.15, 0.2) is 26.1 Å². The number of carbonyl (C=O) groups excluding carboxylic acids is 1. The van der Waals surface area contributed by atoms with Gasteiger partial charge in [0.1, 0.15) is 5.52 Å². The van der Waals surface area contributed by atoms with E-state index in [9.17, 15) is 13.2 Å². The fourth-order valence-electron chi connectivity index (χ4n) is 2.96. The Morgan fingerprint density at radius 2 is 1.92 bits per heavy atom. The molecule has 3 rings (SSSR count). The first kappa shape index (κ1) is 21.7. The number of nitrogens with zero attached hydrogens (tertiary/aromatic N) is 1. The van der Waals surface area contributed by atoms with Gasteiger partial charge in [-0.2, -0.15) is 0 Å². The lowest BCUT2D eigenvalue weighted by Gasteiger charge is -2.34. The Morgan fingerprint density at radius 1 is 1.28 bits per heavy atom. The predicted octanol–water partition coefficient (Wildman–Crippen LogP) is 2.09. The molecule has 25 heavy (non-hydrogen) atoms. The Bertz CT molecular complexity index is 861. The van der Waals surface area contributed by atoms with Crippen LogP contribution in [0.3, 0.4) is 0 Å². The van der Waals surface area contributed by atoms with Gasteiger partial charge in [-0.05, 0) is 38.1 Å². The number of halogens is 2. The van der Waals surface area contributed by atoms with E-state index in [0.29, 0.717) is 35.8 Å². The molecular formula is C15H21Cl2N3O4S. The van der Waals surface area contributed by atoms with Crippen molar-refractivity contribution in [1.29, 1.82) is 0 Å². The van der Waals surface area contributed by atoms with Gasteiger partial charge in [0.25, 0.3) is 0 Å². The number of nitrogens with one attached hydrogen (secondary N) is 2. The molecule has 0 aliphatic carbocycles. The zero-order chi connectivity index (χ0) is 16.7. The van der Waals surface area contributed by atoms with E-state index in [0.717, 1.165) is 6.26 Å². The third kappa shape index (κ3) is 4.08. The molecule has 7 nitrogen and oxygen atoms in total. The highest BCUT2D eigenvalue weighted by atomic mass is 35.5. The van der Waals surface area contributed by atoms with Crippen molar-refractivity contribution in [3.05, 3.63) is 24.1 Å². The van der Waals surface area contributed by atoms with Crippen LogP contribution < -0.4 is 10.6 Å². The third-order valence-corrected chi connectivity index (χ3v) is 6.30. The summed E-state index contributed by atoms with van der Waals surface area (Å²) in [5.41, 5.74) is 1.75. The molecule has 0 radical (unpaired) electrons. The largest absolute Gasteiger partial charge is 0.441 e. The van der Waals surface area contributed by atoms with Crippen LogP contribution in [0.4, 0.5) is 5.69 Å². The topological polar surface area (TPSA) is 101 Å². The van der Waals surface area contributed by atoms with E-state index in [-0.39, 0.29) is 37.7 Å². The highest BCUT2D eigenvalue weighted by Gasteiger charge is 2.48. The molecule has 0 atom stereocenters. The Balaban J connectivity index is 0.00000156. The number of aromatic nitrogens is 1. The van der Waals surface area contributed by atoms with Gasteiger partial charge in [-0.25, -0.2) is 13.4 Å². The normalized spacial score (nSPS) is 16.6. The molecule has 1 saturated heterocycles. The molecule has 10 heteroatoms. The number of sulfone groups is 1. The molecule has 0 spiro atoms. The second-order valence-corrected chi connectivity index (χ2v) is 8.21. The van der Waals surface area contributed by atoms with Gasteiger partial charge in [-0.1, -0.05) is 0 Å². The number of anilines is 1. The summed E-state index contributed by atoms with van der Waals surface area (Å²) >= 11 is 0. The third-order valence-electron chi connectivity index (χ3n) is 4.29. The molecular weight excluding hydrogens is 389 g/mol. The van der Waals surface area contributed by atoms with Crippen LogP contribution in [0.5, 0.6) is 0 Å². The molecule has 0 bridgehead atoms. The van der Waals surface area contributed by atoms with Gasteiger partial charge < -0.3 is 15.1 Å².